The number of hydrogen-bond donors (Lipinski definition) is 2. The van der Waals surface area contributed by atoms with Crippen LogP contribution in [0, 0.1) is 0 Å². The molecule has 1 rings (SSSR count). The quantitative estimate of drug-likeness (QED) is 0.822. The predicted octanol–water partition coefficient (Wildman–Crippen LogP) is 1.65. The summed E-state index contributed by atoms with van der Waals surface area (Å²) >= 11 is 0. The third-order valence-corrected chi connectivity index (χ3v) is 2.81. The van der Waals surface area contributed by atoms with Crippen molar-refractivity contribution in [3.63, 3.8) is 0 Å². The maximum Gasteiger partial charge on any atom is 0.419 e. The van der Waals surface area contributed by atoms with E-state index in [0.29, 0.717) is 19.5 Å². The minimum Gasteiger partial charge on any atom is -0.394 e. The lowest BCUT2D eigenvalue weighted by Gasteiger charge is -2.28. The van der Waals surface area contributed by atoms with Gasteiger partial charge < -0.3 is 10.4 Å². The van der Waals surface area contributed by atoms with Gasteiger partial charge in [0, 0.05) is 18.3 Å². The first-order valence-corrected chi connectivity index (χ1v) is 5.76. The molecule has 2 N–H and O–H groups in total. The van der Waals surface area contributed by atoms with Gasteiger partial charge in [0.15, 0.2) is 0 Å². The van der Waals surface area contributed by atoms with Crippen LogP contribution in [0.1, 0.15) is 25.8 Å². The molecular formula is C11H18F3N3O. The van der Waals surface area contributed by atoms with Gasteiger partial charge in [0.2, 0.25) is 0 Å². The Morgan fingerprint density at radius 3 is 2.56 bits per heavy atom. The second-order valence-electron chi connectivity index (χ2n) is 4.49. The molecule has 1 unspecified atom stereocenters. The number of aliphatic hydroxyl groups is 1. The van der Waals surface area contributed by atoms with Crippen LogP contribution in [0.4, 0.5) is 13.2 Å². The van der Waals surface area contributed by atoms with Gasteiger partial charge in [-0.2, -0.15) is 18.3 Å². The van der Waals surface area contributed by atoms with Crippen molar-refractivity contribution in [2.24, 2.45) is 0 Å². The van der Waals surface area contributed by atoms with Gasteiger partial charge in [-0.1, -0.05) is 6.92 Å². The number of alkyl halides is 3. The minimum atomic E-state index is -4.36. The van der Waals surface area contributed by atoms with Crippen LogP contribution in [0.2, 0.25) is 0 Å². The number of likely N-dealkylation sites (N-methyl/N-ethyl adjacent to an activating group) is 1. The highest BCUT2D eigenvalue weighted by molar-refractivity contribution is 5.08. The van der Waals surface area contributed by atoms with Crippen LogP contribution in [-0.4, -0.2) is 33.6 Å². The van der Waals surface area contributed by atoms with Crippen molar-refractivity contribution in [2.45, 2.75) is 38.5 Å². The highest BCUT2D eigenvalue weighted by atomic mass is 19.4. The number of aliphatic hydroxyl groups excluding tert-OH is 1. The van der Waals surface area contributed by atoms with E-state index in [4.69, 9.17) is 0 Å². The van der Waals surface area contributed by atoms with Crippen LogP contribution in [0.25, 0.3) is 0 Å². The smallest absolute Gasteiger partial charge is 0.394 e. The van der Waals surface area contributed by atoms with Gasteiger partial charge in [0.05, 0.1) is 18.4 Å². The summed E-state index contributed by atoms with van der Waals surface area (Å²) in [7, 11) is 0. The van der Waals surface area contributed by atoms with Gasteiger partial charge in [-0.3, -0.25) is 4.68 Å². The fraction of sp³-hybridized carbons (Fsp3) is 0.727. The number of aryl methyl sites for hydroxylation is 1. The Hall–Kier alpha value is -1.08. The molecule has 0 fully saturated rings. The molecule has 0 aromatic carbocycles. The number of aromatic nitrogens is 2. The van der Waals surface area contributed by atoms with E-state index in [1.165, 1.54) is 4.68 Å². The summed E-state index contributed by atoms with van der Waals surface area (Å²) in [4.78, 5) is 0. The van der Waals surface area contributed by atoms with E-state index in [1.54, 1.807) is 0 Å². The third kappa shape index (κ3) is 3.99. The van der Waals surface area contributed by atoms with Gasteiger partial charge in [0.1, 0.15) is 0 Å². The van der Waals surface area contributed by atoms with Crippen molar-refractivity contribution in [3.05, 3.63) is 18.0 Å². The standard InChI is InChI=1S/C11H18F3N3O/c1-3-15-10(2,8-18)4-5-17-7-9(6-16-17)11(12,13)14/h6-7,15,18H,3-5,8H2,1-2H3. The van der Waals surface area contributed by atoms with Crippen LogP contribution in [-0.2, 0) is 12.7 Å². The van der Waals surface area contributed by atoms with E-state index >= 15 is 0 Å². The average molecular weight is 265 g/mol. The Labute approximate surface area is 104 Å². The fourth-order valence-corrected chi connectivity index (χ4v) is 1.64. The number of nitrogens with zero attached hydrogens (tertiary/aromatic N) is 2. The molecule has 4 nitrogen and oxygen atoms in total. The molecule has 1 heterocycles. The molecule has 0 amide bonds. The van der Waals surface area contributed by atoms with E-state index in [2.05, 4.69) is 10.4 Å². The lowest BCUT2D eigenvalue weighted by molar-refractivity contribution is -0.137. The summed E-state index contributed by atoms with van der Waals surface area (Å²) in [6.07, 6.45) is -2.08. The topological polar surface area (TPSA) is 50.1 Å². The molecule has 0 aliphatic carbocycles. The highest BCUT2D eigenvalue weighted by Gasteiger charge is 2.32. The summed E-state index contributed by atoms with van der Waals surface area (Å²) in [5.41, 5.74) is -1.25. The molecule has 0 radical (unpaired) electrons. The maximum atomic E-state index is 12.4. The van der Waals surface area contributed by atoms with Crippen molar-refractivity contribution in [1.29, 1.82) is 0 Å². The van der Waals surface area contributed by atoms with Crippen molar-refractivity contribution in [1.82, 2.24) is 15.1 Å². The van der Waals surface area contributed by atoms with E-state index in [-0.39, 0.29) is 6.61 Å². The number of hydrogen-bond acceptors (Lipinski definition) is 3. The molecule has 0 spiro atoms. The zero-order chi connectivity index (χ0) is 13.8. The summed E-state index contributed by atoms with van der Waals surface area (Å²) in [6.45, 7) is 4.66. The van der Waals surface area contributed by atoms with Crippen LogP contribution in [0.15, 0.2) is 12.4 Å². The summed E-state index contributed by atoms with van der Waals surface area (Å²) in [5.74, 6) is 0. The summed E-state index contributed by atoms with van der Waals surface area (Å²) < 4.78 is 38.3. The van der Waals surface area contributed by atoms with Crippen molar-refractivity contribution in [2.75, 3.05) is 13.2 Å². The van der Waals surface area contributed by atoms with Gasteiger partial charge in [0.25, 0.3) is 0 Å². The Balaban J connectivity index is 2.61. The van der Waals surface area contributed by atoms with E-state index in [1.807, 2.05) is 13.8 Å². The lowest BCUT2D eigenvalue weighted by atomic mass is 9.99. The van der Waals surface area contributed by atoms with E-state index in [0.717, 1.165) is 12.4 Å². The van der Waals surface area contributed by atoms with E-state index in [9.17, 15) is 18.3 Å². The molecule has 1 atom stereocenters. The Kier molecular flexibility index (Phi) is 4.75. The molecule has 0 saturated carbocycles. The first-order chi connectivity index (χ1) is 8.30. The zero-order valence-electron chi connectivity index (χ0n) is 10.5. The normalized spacial score (nSPS) is 15.7. The number of halogens is 3. The molecule has 1 aromatic rings. The molecule has 0 aliphatic heterocycles. The number of rotatable bonds is 6. The maximum absolute atomic E-state index is 12.4. The Bertz CT molecular complexity index is 378. The largest absolute Gasteiger partial charge is 0.419 e. The van der Waals surface area contributed by atoms with Gasteiger partial charge in [-0.15, -0.1) is 0 Å². The van der Waals surface area contributed by atoms with Crippen LogP contribution in [0.5, 0.6) is 0 Å². The van der Waals surface area contributed by atoms with Crippen LogP contribution in [0.3, 0.4) is 0 Å². The lowest BCUT2D eigenvalue weighted by Crippen LogP contribution is -2.46. The fourth-order valence-electron chi connectivity index (χ4n) is 1.64. The first-order valence-electron chi connectivity index (χ1n) is 5.76. The Morgan fingerprint density at radius 1 is 1.44 bits per heavy atom. The zero-order valence-corrected chi connectivity index (χ0v) is 10.5. The third-order valence-electron chi connectivity index (χ3n) is 2.81. The minimum absolute atomic E-state index is 0.0752. The van der Waals surface area contributed by atoms with Crippen molar-refractivity contribution < 1.29 is 18.3 Å². The van der Waals surface area contributed by atoms with E-state index < -0.39 is 17.3 Å². The second kappa shape index (κ2) is 5.71. The average Bonchev–Trinajstić information content (AvgIpc) is 2.75. The number of nitrogens with one attached hydrogen (secondary N) is 1. The molecule has 7 heteroatoms. The molecule has 104 valence electrons. The van der Waals surface area contributed by atoms with Crippen molar-refractivity contribution in [3.8, 4) is 0 Å². The van der Waals surface area contributed by atoms with Gasteiger partial charge in [-0.25, -0.2) is 0 Å². The van der Waals surface area contributed by atoms with Crippen LogP contribution >= 0.6 is 0 Å². The molecule has 0 aliphatic rings. The highest BCUT2D eigenvalue weighted by Crippen LogP contribution is 2.28. The van der Waals surface area contributed by atoms with Gasteiger partial charge in [-0.05, 0) is 19.9 Å². The molecule has 0 bridgehead atoms. The summed E-state index contributed by atoms with van der Waals surface area (Å²) in [6, 6.07) is 0. The van der Waals surface area contributed by atoms with Crippen molar-refractivity contribution >= 4 is 0 Å². The molecule has 18 heavy (non-hydrogen) atoms. The molecule has 1 aromatic heterocycles. The SMILES string of the molecule is CCNC(C)(CO)CCn1cc(C(F)(F)F)cn1. The first kappa shape index (κ1) is 15.0. The second-order valence-corrected chi connectivity index (χ2v) is 4.49. The van der Waals surface area contributed by atoms with Gasteiger partial charge >= 0.3 is 6.18 Å². The monoisotopic (exact) mass is 265 g/mol. The Morgan fingerprint density at radius 2 is 2.11 bits per heavy atom. The summed E-state index contributed by atoms with van der Waals surface area (Å²) in [5, 5.41) is 16.0. The van der Waals surface area contributed by atoms with Crippen LogP contribution < -0.4 is 5.32 Å². The predicted molar refractivity (Wildman–Crippen MR) is 61.0 cm³/mol. The molecular weight excluding hydrogens is 247 g/mol. The molecule has 0 saturated heterocycles.